The van der Waals surface area contributed by atoms with Gasteiger partial charge in [-0.3, -0.25) is 14.5 Å². The Kier molecular flexibility index (Phi) is 7.97. The lowest BCUT2D eigenvalue weighted by atomic mass is 9.90. The van der Waals surface area contributed by atoms with Gasteiger partial charge in [0.05, 0.1) is 20.2 Å². The molecule has 2 heterocycles. The molecule has 0 spiro atoms. The Hall–Kier alpha value is -4.17. The summed E-state index contributed by atoms with van der Waals surface area (Å²) in [6.45, 7) is 2.52. The highest BCUT2D eigenvalue weighted by molar-refractivity contribution is 5.91. The van der Waals surface area contributed by atoms with Crippen LogP contribution in [0.25, 0.3) is 10.9 Å². The molecule has 0 saturated carbocycles. The summed E-state index contributed by atoms with van der Waals surface area (Å²) in [6, 6.07) is 19.6. The summed E-state index contributed by atoms with van der Waals surface area (Å²) in [6.07, 6.45) is 3.70. The predicted octanol–water partition coefficient (Wildman–Crippen LogP) is 3.70. The minimum absolute atomic E-state index is 0.0581. The quantitative estimate of drug-likeness (QED) is 0.318. The second-order valence-corrected chi connectivity index (χ2v) is 8.86. The number of aryl methyl sites for hydroxylation is 1. The van der Waals surface area contributed by atoms with Crippen molar-refractivity contribution in [1.29, 1.82) is 0 Å². The average molecular weight is 486 g/mol. The van der Waals surface area contributed by atoms with Crippen LogP contribution in [0, 0.1) is 6.92 Å². The van der Waals surface area contributed by atoms with Crippen molar-refractivity contribution in [3.05, 3.63) is 89.7 Å². The van der Waals surface area contributed by atoms with E-state index < -0.39 is 0 Å². The van der Waals surface area contributed by atoms with E-state index in [1.165, 1.54) is 0 Å². The van der Waals surface area contributed by atoms with Crippen molar-refractivity contribution < 1.29 is 14.3 Å². The Labute approximate surface area is 210 Å². The second-order valence-electron chi connectivity index (χ2n) is 8.86. The Morgan fingerprint density at radius 2 is 1.78 bits per heavy atom. The van der Waals surface area contributed by atoms with Gasteiger partial charge in [-0.2, -0.15) is 0 Å². The number of H-pyrrole nitrogens is 1. The summed E-state index contributed by atoms with van der Waals surface area (Å²) in [4.78, 5) is 34.3. The molecule has 186 valence electrons. The lowest BCUT2D eigenvalue weighted by molar-refractivity contribution is -0.123. The summed E-state index contributed by atoms with van der Waals surface area (Å²) in [5.74, 6) is 0.830. The molecule has 2 aromatic carbocycles. The number of carbonyl (C=O) groups is 2. The van der Waals surface area contributed by atoms with E-state index in [0.717, 1.165) is 33.3 Å². The molecule has 0 saturated heterocycles. The molecule has 2 aromatic heterocycles. The third kappa shape index (κ3) is 6.28. The van der Waals surface area contributed by atoms with E-state index in [1.54, 1.807) is 31.3 Å². The van der Waals surface area contributed by atoms with Gasteiger partial charge in [0.25, 0.3) is 0 Å². The Balaban J connectivity index is 1.39. The van der Waals surface area contributed by atoms with E-state index in [-0.39, 0.29) is 30.8 Å². The molecule has 4 aromatic rings. The molecule has 8 nitrogen and oxygen atoms in total. The number of amides is 2. The number of pyridine rings is 1. The van der Waals surface area contributed by atoms with Crippen LogP contribution in [0.15, 0.2) is 73.1 Å². The molecule has 0 bridgehead atoms. The molecule has 4 rings (SSSR count). The summed E-state index contributed by atoms with van der Waals surface area (Å²) >= 11 is 0. The molecule has 36 heavy (non-hydrogen) atoms. The lowest BCUT2D eigenvalue weighted by Crippen LogP contribution is -2.40. The van der Waals surface area contributed by atoms with E-state index in [2.05, 4.69) is 26.7 Å². The number of methoxy groups -OCH3 is 1. The van der Waals surface area contributed by atoms with E-state index in [9.17, 15) is 9.59 Å². The van der Waals surface area contributed by atoms with Gasteiger partial charge >= 0.3 is 0 Å². The van der Waals surface area contributed by atoms with Gasteiger partial charge in [0.2, 0.25) is 11.8 Å². The van der Waals surface area contributed by atoms with Crippen LogP contribution in [0.4, 0.5) is 5.82 Å². The number of fused-ring (bicyclic) bond motifs is 1. The number of para-hydroxylation sites is 1. The monoisotopic (exact) mass is 485 g/mol. The normalized spacial score (nSPS) is 11.9. The van der Waals surface area contributed by atoms with Crippen LogP contribution in [-0.4, -0.2) is 60.5 Å². The number of hydrogen-bond donors (Lipinski definition) is 3. The molecular formula is C28H31N5O3. The largest absolute Gasteiger partial charge is 0.497 e. The van der Waals surface area contributed by atoms with Gasteiger partial charge < -0.3 is 20.4 Å². The van der Waals surface area contributed by atoms with Gasteiger partial charge in [-0.05, 0) is 54.9 Å². The number of benzene rings is 2. The van der Waals surface area contributed by atoms with Gasteiger partial charge in [-0.1, -0.05) is 36.4 Å². The average Bonchev–Trinajstić information content (AvgIpc) is 3.30. The Morgan fingerprint density at radius 3 is 2.50 bits per heavy atom. The summed E-state index contributed by atoms with van der Waals surface area (Å²) in [7, 11) is 3.38. The summed E-state index contributed by atoms with van der Waals surface area (Å²) in [5.41, 5.74) is 4.24. The van der Waals surface area contributed by atoms with Crippen LogP contribution >= 0.6 is 0 Å². The SMILES string of the molecule is COc1ccc([C@@H](CNC(=O)CN(C)CC(=O)Nc2ccc(C)cn2)c2c[nH]c3ccccc23)cc1. The van der Waals surface area contributed by atoms with Crippen molar-refractivity contribution in [1.82, 2.24) is 20.2 Å². The summed E-state index contributed by atoms with van der Waals surface area (Å²) in [5, 5.41) is 6.92. The standard InChI is InChI=1S/C28H31N5O3/c1-19-8-13-26(30-14-19)32-28(35)18-33(2)17-27(34)31-15-23(20-9-11-21(36-3)12-10-20)24-16-29-25-7-5-4-6-22(24)25/h4-14,16,23,29H,15,17-18H2,1-3H3,(H,31,34)(H,30,32,35)/t23-/m1/s1. The fraction of sp³-hybridized carbons (Fsp3) is 0.250. The van der Waals surface area contributed by atoms with E-state index in [1.807, 2.05) is 61.7 Å². The highest BCUT2D eigenvalue weighted by Crippen LogP contribution is 2.31. The molecule has 8 heteroatoms. The molecular weight excluding hydrogens is 454 g/mol. The minimum atomic E-state index is -0.225. The third-order valence-electron chi connectivity index (χ3n) is 6.02. The van der Waals surface area contributed by atoms with E-state index >= 15 is 0 Å². The van der Waals surface area contributed by atoms with Crippen molar-refractivity contribution in [2.24, 2.45) is 0 Å². The van der Waals surface area contributed by atoms with Crippen molar-refractivity contribution in [3.63, 3.8) is 0 Å². The topological polar surface area (TPSA) is 99.3 Å². The first-order chi connectivity index (χ1) is 17.4. The van der Waals surface area contributed by atoms with Gasteiger partial charge in [0, 0.05) is 35.8 Å². The number of carbonyl (C=O) groups excluding carboxylic acids is 2. The number of likely N-dealkylation sites (N-methyl/N-ethyl adjacent to an activating group) is 1. The molecule has 0 aliphatic rings. The number of nitrogens with one attached hydrogen (secondary N) is 3. The number of nitrogens with zero attached hydrogens (tertiary/aromatic N) is 2. The van der Waals surface area contributed by atoms with Crippen LogP contribution in [0.1, 0.15) is 22.6 Å². The van der Waals surface area contributed by atoms with Crippen LogP contribution in [0.5, 0.6) is 5.75 Å². The highest BCUT2D eigenvalue weighted by Gasteiger charge is 2.20. The number of anilines is 1. The number of aromatic nitrogens is 2. The van der Waals surface area contributed by atoms with Crippen molar-refractivity contribution in [2.45, 2.75) is 12.8 Å². The van der Waals surface area contributed by atoms with Crippen molar-refractivity contribution in [2.75, 3.05) is 39.1 Å². The predicted molar refractivity (Wildman–Crippen MR) is 141 cm³/mol. The van der Waals surface area contributed by atoms with Crippen LogP contribution in [0.2, 0.25) is 0 Å². The fourth-order valence-corrected chi connectivity index (χ4v) is 4.17. The maximum Gasteiger partial charge on any atom is 0.239 e. The molecule has 0 unspecified atom stereocenters. The zero-order valence-electron chi connectivity index (χ0n) is 20.7. The van der Waals surface area contributed by atoms with Crippen molar-refractivity contribution >= 4 is 28.5 Å². The number of aromatic amines is 1. The molecule has 0 radical (unpaired) electrons. The number of ether oxygens (including phenoxy) is 1. The fourth-order valence-electron chi connectivity index (χ4n) is 4.17. The third-order valence-corrected chi connectivity index (χ3v) is 6.02. The summed E-state index contributed by atoms with van der Waals surface area (Å²) < 4.78 is 5.31. The Morgan fingerprint density at radius 1 is 1.03 bits per heavy atom. The number of rotatable bonds is 10. The smallest absolute Gasteiger partial charge is 0.239 e. The lowest BCUT2D eigenvalue weighted by Gasteiger charge is -2.20. The van der Waals surface area contributed by atoms with Crippen molar-refractivity contribution in [3.8, 4) is 5.75 Å². The maximum atomic E-state index is 12.8. The maximum absolute atomic E-state index is 12.8. The molecule has 2 amide bonds. The first-order valence-electron chi connectivity index (χ1n) is 11.8. The zero-order valence-corrected chi connectivity index (χ0v) is 20.7. The van der Waals surface area contributed by atoms with E-state index in [0.29, 0.717) is 12.4 Å². The van der Waals surface area contributed by atoms with Gasteiger partial charge in [0.15, 0.2) is 0 Å². The molecule has 1 atom stereocenters. The van der Waals surface area contributed by atoms with Crippen LogP contribution < -0.4 is 15.4 Å². The van der Waals surface area contributed by atoms with Gasteiger partial charge in [0.1, 0.15) is 11.6 Å². The first-order valence-corrected chi connectivity index (χ1v) is 11.8. The second kappa shape index (κ2) is 11.5. The zero-order chi connectivity index (χ0) is 25.5. The van der Waals surface area contributed by atoms with Crippen LogP contribution in [0.3, 0.4) is 0 Å². The first kappa shape index (κ1) is 24.9. The van der Waals surface area contributed by atoms with Gasteiger partial charge in [-0.15, -0.1) is 0 Å². The minimum Gasteiger partial charge on any atom is -0.497 e. The Bertz CT molecular complexity index is 1320. The highest BCUT2D eigenvalue weighted by atomic mass is 16.5. The molecule has 3 N–H and O–H groups in total. The van der Waals surface area contributed by atoms with E-state index in [4.69, 9.17) is 4.74 Å². The molecule has 0 aliphatic carbocycles. The van der Waals surface area contributed by atoms with Crippen LogP contribution in [-0.2, 0) is 9.59 Å². The number of hydrogen-bond acceptors (Lipinski definition) is 5. The molecule has 0 fully saturated rings. The van der Waals surface area contributed by atoms with Gasteiger partial charge in [-0.25, -0.2) is 4.98 Å². The molecule has 0 aliphatic heterocycles.